The molecule has 0 atom stereocenters. The van der Waals surface area contributed by atoms with E-state index in [1.54, 1.807) is 15.9 Å². The van der Waals surface area contributed by atoms with E-state index in [0.29, 0.717) is 37.3 Å². The van der Waals surface area contributed by atoms with Crippen molar-refractivity contribution < 1.29 is 14.0 Å². The molecule has 1 aromatic carbocycles. The average molecular weight is 264 g/mol. The molecule has 0 radical (unpaired) electrons. The van der Waals surface area contributed by atoms with Crippen LogP contribution in [0.4, 0.5) is 10.1 Å². The van der Waals surface area contributed by atoms with Gasteiger partial charge >= 0.3 is 0 Å². The van der Waals surface area contributed by atoms with Gasteiger partial charge < -0.3 is 9.80 Å². The molecule has 19 heavy (non-hydrogen) atoms. The second-order valence-electron chi connectivity index (χ2n) is 4.60. The van der Waals surface area contributed by atoms with E-state index in [-0.39, 0.29) is 17.6 Å². The molecule has 0 fully saturated rings. The molecule has 0 N–H and O–H groups in total. The van der Waals surface area contributed by atoms with Gasteiger partial charge in [0.05, 0.1) is 0 Å². The lowest BCUT2D eigenvalue weighted by atomic mass is 10.1. The molecule has 0 spiro atoms. The number of benzene rings is 1. The lowest BCUT2D eigenvalue weighted by Crippen LogP contribution is -2.39. The fraction of sp³-hybridized carbons (Fsp3) is 0.429. The molecule has 0 bridgehead atoms. The van der Waals surface area contributed by atoms with Gasteiger partial charge in [-0.1, -0.05) is 0 Å². The maximum atomic E-state index is 13.4. The monoisotopic (exact) mass is 264 g/mol. The molecule has 0 saturated carbocycles. The maximum Gasteiger partial charge on any atom is 0.224 e. The van der Waals surface area contributed by atoms with E-state index in [0.717, 1.165) is 0 Å². The van der Waals surface area contributed by atoms with Crippen LogP contribution in [0, 0.1) is 5.82 Å². The van der Waals surface area contributed by atoms with Crippen LogP contribution in [0.2, 0.25) is 0 Å². The van der Waals surface area contributed by atoms with E-state index in [1.165, 1.54) is 19.1 Å². The third-order valence-electron chi connectivity index (χ3n) is 3.36. The number of halogens is 1. The highest BCUT2D eigenvalue weighted by atomic mass is 19.1. The Labute approximate surface area is 111 Å². The van der Waals surface area contributed by atoms with Gasteiger partial charge in [-0.3, -0.25) is 9.59 Å². The minimum Gasteiger partial charge on any atom is -0.339 e. The molecule has 2 amide bonds. The minimum atomic E-state index is -0.355. The first kappa shape index (κ1) is 13.5. The molecule has 0 saturated heterocycles. The molecule has 0 unspecified atom stereocenters. The number of amides is 2. The number of hydrogen-bond donors (Lipinski definition) is 0. The van der Waals surface area contributed by atoms with Crippen molar-refractivity contribution in [3.8, 4) is 0 Å². The number of anilines is 1. The molecule has 102 valence electrons. The normalized spacial score (nSPS) is 15.8. The Morgan fingerprint density at radius 3 is 2.79 bits per heavy atom. The van der Waals surface area contributed by atoms with Crippen LogP contribution in [0.3, 0.4) is 0 Å². The van der Waals surface area contributed by atoms with Gasteiger partial charge in [0.1, 0.15) is 5.82 Å². The van der Waals surface area contributed by atoms with Crippen molar-refractivity contribution in [3.05, 3.63) is 29.6 Å². The molecule has 1 aromatic rings. The zero-order chi connectivity index (χ0) is 14.0. The van der Waals surface area contributed by atoms with Crippen LogP contribution in [0.1, 0.15) is 25.8 Å². The first-order valence-electron chi connectivity index (χ1n) is 6.37. The maximum absolute atomic E-state index is 13.4. The van der Waals surface area contributed by atoms with Crippen molar-refractivity contribution in [1.82, 2.24) is 4.90 Å². The van der Waals surface area contributed by atoms with Crippen molar-refractivity contribution in [2.45, 2.75) is 26.8 Å². The SMILES string of the molecule is CCN1Cc2cc(F)ccc2N(C(C)=O)CCC1=O. The van der Waals surface area contributed by atoms with Gasteiger partial charge in [0, 0.05) is 38.7 Å². The van der Waals surface area contributed by atoms with Crippen LogP contribution in [0.25, 0.3) is 0 Å². The zero-order valence-electron chi connectivity index (χ0n) is 11.1. The number of hydrogen-bond acceptors (Lipinski definition) is 2. The number of carbonyl (C=O) groups is 2. The molecule has 0 aromatic heterocycles. The summed E-state index contributed by atoms with van der Waals surface area (Å²) in [6.07, 6.45) is 0.296. The predicted octanol–water partition coefficient (Wildman–Crippen LogP) is 1.93. The molecule has 1 heterocycles. The molecule has 0 aliphatic carbocycles. The topological polar surface area (TPSA) is 40.6 Å². The first-order chi connectivity index (χ1) is 9.02. The average Bonchev–Trinajstić information content (AvgIpc) is 2.35. The number of rotatable bonds is 1. The summed E-state index contributed by atoms with van der Waals surface area (Å²) in [4.78, 5) is 26.8. The first-order valence-corrected chi connectivity index (χ1v) is 6.37. The van der Waals surface area contributed by atoms with Gasteiger partial charge in [0.2, 0.25) is 11.8 Å². The van der Waals surface area contributed by atoms with E-state index in [1.807, 2.05) is 6.92 Å². The highest BCUT2D eigenvalue weighted by Gasteiger charge is 2.23. The summed E-state index contributed by atoms with van der Waals surface area (Å²) < 4.78 is 13.4. The Kier molecular flexibility index (Phi) is 3.83. The number of nitrogens with zero attached hydrogens (tertiary/aromatic N) is 2. The summed E-state index contributed by atoms with van der Waals surface area (Å²) in [5, 5.41) is 0. The highest BCUT2D eigenvalue weighted by molar-refractivity contribution is 5.93. The Bertz CT molecular complexity index is 516. The summed E-state index contributed by atoms with van der Waals surface area (Å²) in [7, 11) is 0. The van der Waals surface area contributed by atoms with Crippen LogP contribution in [-0.4, -0.2) is 29.8 Å². The third-order valence-corrected chi connectivity index (χ3v) is 3.36. The van der Waals surface area contributed by atoms with Crippen molar-refractivity contribution in [2.75, 3.05) is 18.0 Å². The molecule has 1 aliphatic rings. The van der Waals surface area contributed by atoms with Crippen molar-refractivity contribution >= 4 is 17.5 Å². The summed E-state index contributed by atoms with van der Waals surface area (Å²) in [5.41, 5.74) is 1.37. The molecule has 2 rings (SSSR count). The predicted molar refractivity (Wildman–Crippen MR) is 70.1 cm³/mol. The summed E-state index contributed by atoms with van der Waals surface area (Å²) in [6, 6.07) is 4.34. The Balaban J connectivity index is 2.47. The Morgan fingerprint density at radius 2 is 2.16 bits per heavy atom. The van der Waals surface area contributed by atoms with Gasteiger partial charge in [-0.15, -0.1) is 0 Å². The number of fused-ring (bicyclic) bond motifs is 1. The van der Waals surface area contributed by atoms with Crippen molar-refractivity contribution in [1.29, 1.82) is 0 Å². The van der Waals surface area contributed by atoms with Crippen LogP contribution in [-0.2, 0) is 16.1 Å². The fourth-order valence-corrected chi connectivity index (χ4v) is 2.34. The van der Waals surface area contributed by atoms with Crippen LogP contribution < -0.4 is 4.90 Å². The largest absolute Gasteiger partial charge is 0.339 e. The van der Waals surface area contributed by atoms with Crippen LogP contribution in [0.5, 0.6) is 0 Å². The lowest BCUT2D eigenvalue weighted by molar-refractivity contribution is -0.131. The quantitative estimate of drug-likeness (QED) is 0.777. The van der Waals surface area contributed by atoms with Gasteiger partial charge in [-0.05, 0) is 30.7 Å². The summed E-state index contributed by atoms with van der Waals surface area (Å²) in [6.45, 7) is 4.60. The standard InChI is InChI=1S/C14H17FN2O2/c1-3-16-9-11-8-12(15)4-5-13(11)17(10(2)18)7-6-14(16)19/h4-5,8H,3,6-7,9H2,1-2H3. The number of carbonyl (C=O) groups excluding carboxylic acids is 2. The van der Waals surface area contributed by atoms with E-state index in [9.17, 15) is 14.0 Å². The second kappa shape index (κ2) is 5.38. The van der Waals surface area contributed by atoms with Crippen molar-refractivity contribution in [2.24, 2.45) is 0 Å². The van der Waals surface area contributed by atoms with Gasteiger partial charge in [-0.2, -0.15) is 0 Å². The Morgan fingerprint density at radius 1 is 1.42 bits per heavy atom. The zero-order valence-corrected chi connectivity index (χ0v) is 11.1. The molecular weight excluding hydrogens is 247 g/mol. The van der Waals surface area contributed by atoms with Gasteiger partial charge in [-0.25, -0.2) is 4.39 Å². The van der Waals surface area contributed by atoms with E-state index in [2.05, 4.69) is 0 Å². The van der Waals surface area contributed by atoms with E-state index < -0.39 is 0 Å². The lowest BCUT2D eigenvalue weighted by Gasteiger charge is -2.31. The second-order valence-corrected chi connectivity index (χ2v) is 4.60. The van der Waals surface area contributed by atoms with Gasteiger partial charge in [0.25, 0.3) is 0 Å². The minimum absolute atomic E-state index is 0.0105. The van der Waals surface area contributed by atoms with Crippen LogP contribution in [0.15, 0.2) is 18.2 Å². The van der Waals surface area contributed by atoms with Gasteiger partial charge in [0.15, 0.2) is 0 Å². The van der Waals surface area contributed by atoms with Crippen LogP contribution >= 0.6 is 0 Å². The molecule has 4 nitrogen and oxygen atoms in total. The summed E-state index contributed by atoms with van der Waals surface area (Å²) in [5.74, 6) is -0.499. The molecular formula is C14H17FN2O2. The smallest absolute Gasteiger partial charge is 0.224 e. The molecule has 1 aliphatic heterocycles. The van der Waals surface area contributed by atoms with E-state index in [4.69, 9.17) is 0 Å². The van der Waals surface area contributed by atoms with Crippen molar-refractivity contribution in [3.63, 3.8) is 0 Å². The third kappa shape index (κ3) is 2.75. The van der Waals surface area contributed by atoms with E-state index >= 15 is 0 Å². The summed E-state index contributed by atoms with van der Waals surface area (Å²) >= 11 is 0. The highest BCUT2D eigenvalue weighted by Crippen LogP contribution is 2.26. The fourth-order valence-electron chi connectivity index (χ4n) is 2.34. The Hall–Kier alpha value is -1.91. The molecule has 5 heteroatoms.